The minimum atomic E-state index is 0.400. The summed E-state index contributed by atoms with van der Waals surface area (Å²) < 4.78 is 0. The summed E-state index contributed by atoms with van der Waals surface area (Å²) >= 11 is 5.07. The van der Waals surface area contributed by atoms with Gasteiger partial charge in [-0.15, -0.1) is 0 Å². The van der Waals surface area contributed by atoms with Gasteiger partial charge in [0.2, 0.25) is 0 Å². The summed E-state index contributed by atoms with van der Waals surface area (Å²) in [6, 6.07) is 2.87. The van der Waals surface area contributed by atoms with Gasteiger partial charge >= 0.3 is 0 Å². The Morgan fingerprint density at radius 1 is 1.44 bits per heavy atom. The molecule has 0 amide bonds. The minimum absolute atomic E-state index is 0.400. The summed E-state index contributed by atoms with van der Waals surface area (Å²) in [5.74, 6) is 0. The van der Waals surface area contributed by atoms with Crippen LogP contribution >= 0.6 is 12.2 Å². The predicted octanol–water partition coefficient (Wildman–Crippen LogP) is 2.31. The molecule has 0 spiro atoms. The minimum Gasteiger partial charge on any atom is -0.389 e. The van der Waals surface area contributed by atoms with Gasteiger partial charge in [-0.1, -0.05) is 18.6 Å². The van der Waals surface area contributed by atoms with Crippen molar-refractivity contribution in [3.63, 3.8) is 0 Å². The third-order valence-corrected chi connectivity index (χ3v) is 3.75. The molecule has 5 heteroatoms. The number of hydrazine groups is 1. The number of hydrogen-bond acceptors (Lipinski definition) is 4. The maximum absolute atomic E-state index is 5.73. The Morgan fingerprint density at radius 2 is 2.11 bits per heavy atom. The normalized spacial score (nSPS) is 24.8. The second-order valence-corrected chi connectivity index (χ2v) is 5.37. The molecule has 2 atom stereocenters. The van der Waals surface area contributed by atoms with E-state index in [2.05, 4.69) is 29.3 Å². The zero-order valence-corrected chi connectivity index (χ0v) is 11.7. The Morgan fingerprint density at radius 3 is 2.72 bits per heavy atom. The van der Waals surface area contributed by atoms with E-state index in [1.807, 2.05) is 6.07 Å². The van der Waals surface area contributed by atoms with Gasteiger partial charge in [0.15, 0.2) is 0 Å². The van der Waals surface area contributed by atoms with Crippen LogP contribution in [0.2, 0.25) is 0 Å². The predicted molar refractivity (Wildman–Crippen MR) is 78.4 cm³/mol. The summed E-state index contributed by atoms with van der Waals surface area (Å²) in [5.41, 5.74) is 10.9. The summed E-state index contributed by atoms with van der Waals surface area (Å²) in [4.78, 5) is 4.54. The second-order valence-electron chi connectivity index (χ2n) is 4.93. The molecule has 1 aromatic heterocycles. The highest BCUT2D eigenvalue weighted by molar-refractivity contribution is 7.80. The highest BCUT2D eigenvalue weighted by Gasteiger charge is 2.25. The summed E-state index contributed by atoms with van der Waals surface area (Å²) in [5, 5.41) is 2.28. The molecule has 2 rings (SSSR count). The Bertz CT molecular complexity index is 425. The van der Waals surface area contributed by atoms with Crippen molar-refractivity contribution in [3.05, 3.63) is 24.0 Å². The van der Waals surface area contributed by atoms with E-state index in [-0.39, 0.29) is 0 Å². The molecular weight excluding hydrogens is 244 g/mol. The maximum Gasteiger partial charge on any atom is 0.106 e. The van der Waals surface area contributed by atoms with Gasteiger partial charge in [0.25, 0.3) is 0 Å². The van der Waals surface area contributed by atoms with E-state index in [1.54, 1.807) is 12.4 Å². The number of piperidine rings is 1. The van der Waals surface area contributed by atoms with Gasteiger partial charge in [0.05, 0.1) is 11.9 Å². The van der Waals surface area contributed by atoms with Crippen molar-refractivity contribution >= 4 is 22.9 Å². The first-order valence-electron chi connectivity index (χ1n) is 6.38. The SMILES string of the molecule is CC1CCCC(C)N1Nc1cnccc1C(N)=S. The first kappa shape index (κ1) is 13.2. The Labute approximate surface area is 114 Å². The first-order chi connectivity index (χ1) is 8.59. The molecule has 1 aliphatic heterocycles. The standard InChI is InChI=1S/C13H20N4S/c1-9-4-3-5-10(2)17(9)16-12-8-15-7-6-11(12)13(14)18/h6-10,16H,3-5H2,1-2H3,(H2,14,18). The van der Waals surface area contributed by atoms with Crippen LogP contribution < -0.4 is 11.2 Å². The van der Waals surface area contributed by atoms with Crippen molar-refractivity contribution in [1.29, 1.82) is 0 Å². The molecule has 3 N–H and O–H groups in total. The summed E-state index contributed by atoms with van der Waals surface area (Å²) in [6.07, 6.45) is 7.20. The van der Waals surface area contributed by atoms with Gasteiger partial charge in [-0.05, 0) is 32.8 Å². The average Bonchev–Trinajstić information content (AvgIpc) is 2.34. The molecule has 1 aliphatic rings. The van der Waals surface area contributed by atoms with Crippen LogP contribution in [-0.4, -0.2) is 27.1 Å². The van der Waals surface area contributed by atoms with Crippen LogP contribution in [0.3, 0.4) is 0 Å². The smallest absolute Gasteiger partial charge is 0.106 e. The van der Waals surface area contributed by atoms with Gasteiger partial charge in [0.1, 0.15) is 4.99 Å². The average molecular weight is 264 g/mol. The van der Waals surface area contributed by atoms with E-state index in [9.17, 15) is 0 Å². The molecular formula is C13H20N4S. The molecule has 2 unspecified atom stereocenters. The summed E-state index contributed by atoms with van der Waals surface area (Å²) in [6.45, 7) is 4.47. The molecule has 0 saturated carbocycles. The third-order valence-electron chi connectivity index (χ3n) is 3.53. The molecule has 1 fully saturated rings. The van der Waals surface area contributed by atoms with Crippen LogP contribution in [0, 0.1) is 0 Å². The van der Waals surface area contributed by atoms with Gasteiger partial charge in [-0.3, -0.25) is 4.98 Å². The third kappa shape index (κ3) is 2.79. The fourth-order valence-electron chi connectivity index (χ4n) is 2.48. The molecule has 0 bridgehead atoms. The Balaban J connectivity index is 2.20. The van der Waals surface area contributed by atoms with Crippen molar-refractivity contribution in [3.8, 4) is 0 Å². The largest absolute Gasteiger partial charge is 0.389 e. The number of nitrogens with zero attached hydrogens (tertiary/aromatic N) is 2. The highest BCUT2D eigenvalue weighted by Crippen LogP contribution is 2.24. The lowest BCUT2D eigenvalue weighted by Gasteiger charge is -2.39. The number of pyridine rings is 1. The lowest BCUT2D eigenvalue weighted by molar-refractivity contribution is 0.135. The number of aromatic nitrogens is 1. The maximum atomic E-state index is 5.73. The van der Waals surface area contributed by atoms with Crippen molar-refractivity contribution in [2.45, 2.75) is 45.2 Å². The molecule has 1 aromatic rings. The molecule has 4 nitrogen and oxygen atoms in total. The molecule has 18 heavy (non-hydrogen) atoms. The zero-order valence-electron chi connectivity index (χ0n) is 10.9. The van der Waals surface area contributed by atoms with Crippen molar-refractivity contribution in [1.82, 2.24) is 9.99 Å². The monoisotopic (exact) mass is 264 g/mol. The van der Waals surface area contributed by atoms with E-state index in [0.717, 1.165) is 11.3 Å². The van der Waals surface area contributed by atoms with E-state index in [4.69, 9.17) is 18.0 Å². The lowest BCUT2D eigenvalue weighted by atomic mass is 10.00. The van der Waals surface area contributed by atoms with Crippen LogP contribution in [0.15, 0.2) is 18.5 Å². The van der Waals surface area contributed by atoms with Crippen LogP contribution in [-0.2, 0) is 0 Å². The number of anilines is 1. The van der Waals surface area contributed by atoms with Gasteiger partial charge in [-0.2, -0.15) is 0 Å². The molecule has 0 aromatic carbocycles. The molecule has 1 saturated heterocycles. The zero-order chi connectivity index (χ0) is 13.1. The molecule has 0 radical (unpaired) electrons. The number of nitrogens with one attached hydrogen (secondary N) is 1. The van der Waals surface area contributed by atoms with Crippen molar-refractivity contribution < 1.29 is 0 Å². The Hall–Kier alpha value is -1.20. The number of nitrogens with two attached hydrogens (primary N) is 1. The Kier molecular flexibility index (Phi) is 4.14. The van der Waals surface area contributed by atoms with Crippen LogP contribution in [0.25, 0.3) is 0 Å². The van der Waals surface area contributed by atoms with E-state index in [0.29, 0.717) is 17.1 Å². The van der Waals surface area contributed by atoms with E-state index in [1.165, 1.54) is 19.3 Å². The fourth-order valence-corrected chi connectivity index (χ4v) is 2.66. The fraction of sp³-hybridized carbons (Fsp3) is 0.538. The van der Waals surface area contributed by atoms with Crippen LogP contribution in [0.4, 0.5) is 5.69 Å². The molecule has 2 heterocycles. The van der Waals surface area contributed by atoms with E-state index < -0.39 is 0 Å². The van der Waals surface area contributed by atoms with Gasteiger partial charge < -0.3 is 11.2 Å². The van der Waals surface area contributed by atoms with Crippen LogP contribution in [0.1, 0.15) is 38.7 Å². The highest BCUT2D eigenvalue weighted by atomic mass is 32.1. The molecule has 0 aliphatic carbocycles. The number of rotatable bonds is 3. The first-order valence-corrected chi connectivity index (χ1v) is 6.79. The van der Waals surface area contributed by atoms with Crippen molar-refractivity contribution in [2.24, 2.45) is 5.73 Å². The van der Waals surface area contributed by atoms with Crippen LogP contribution in [0.5, 0.6) is 0 Å². The lowest BCUT2D eigenvalue weighted by Crippen LogP contribution is -2.47. The van der Waals surface area contributed by atoms with Gasteiger partial charge in [0, 0.05) is 23.8 Å². The summed E-state index contributed by atoms with van der Waals surface area (Å²) in [7, 11) is 0. The van der Waals surface area contributed by atoms with Crippen molar-refractivity contribution in [2.75, 3.05) is 5.43 Å². The number of thiocarbonyl (C=S) groups is 1. The number of hydrogen-bond donors (Lipinski definition) is 2. The van der Waals surface area contributed by atoms with Gasteiger partial charge in [-0.25, -0.2) is 5.01 Å². The quantitative estimate of drug-likeness (QED) is 0.821. The van der Waals surface area contributed by atoms with E-state index >= 15 is 0 Å². The second kappa shape index (κ2) is 5.63. The topological polar surface area (TPSA) is 54.2 Å². The molecule has 98 valence electrons.